The van der Waals surface area contributed by atoms with Crippen molar-refractivity contribution in [1.29, 1.82) is 0 Å². The van der Waals surface area contributed by atoms with Crippen LogP contribution in [0.5, 0.6) is 11.5 Å². The molecule has 1 N–H and O–H groups in total. The summed E-state index contributed by atoms with van der Waals surface area (Å²) in [6, 6.07) is 6.33. The fraction of sp³-hybridized carbons (Fsp3) is 0.650. The summed E-state index contributed by atoms with van der Waals surface area (Å²) >= 11 is 0. The van der Waals surface area contributed by atoms with Crippen LogP contribution in [0.25, 0.3) is 0 Å². The molecule has 1 heterocycles. The summed E-state index contributed by atoms with van der Waals surface area (Å²) in [6.45, 7) is 9.36. The highest BCUT2D eigenvalue weighted by Gasteiger charge is 2.20. The topological polar surface area (TPSA) is 54.0 Å². The summed E-state index contributed by atoms with van der Waals surface area (Å²) in [5.74, 6) is 1.66. The van der Waals surface area contributed by atoms with E-state index in [9.17, 15) is 4.79 Å². The highest BCUT2D eigenvalue weighted by molar-refractivity contribution is 5.78. The lowest BCUT2D eigenvalue weighted by molar-refractivity contribution is -0.123. The molecule has 0 spiro atoms. The van der Waals surface area contributed by atoms with Crippen molar-refractivity contribution in [2.45, 2.75) is 39.3 Å². The molecule has 0 saturated carbocycles. The number of benzene rings is 1. The maximum Gasteiger partial charge on any atom is 0.234 e. The van der Waals surface area contributed by atoms with Gasteiger partial charge in [0.2, 0.25) is 5.91 Å². The number of methoxy groups -OCH3 is 2. The van der Waals surface area contributed by atoms with Gasteiger partial charge in [0.05, 0.1) is 20.8 Å². The zero-order valence-corrected chi connectivity index (χ0v) is 16.6. The van der Waals surface area contributed by atoms with Crippen LogP contribution in [0.4, 0.5) is 0 Å². The molecule has 1 aromatic rings. The van der Waals surface area contributed by atoms with Crippen LogP contribution in [0, 0.1) is 0 Å². The van der Waals surface area contributed by atoms with Crippen LogP contribution >= 0.6 is 0 Å². The third kappa shape index (κ3) is 6.18. The van der Waals surface area contributed by atoms with Gasteiger partial charge in [0.1, 0.15) is 0 Å². The van der Waals surface area contributed by atoms with E-state index in [0.29, 0.717) is 6.54 Å². The van der Waals surface area contributed by atoms with Crippen LogP contribution in [-0.4, -0.2) is 68.7 Å². The average Bonchev–Trinajstić information content (AvgIpc) is 2.63. The number of piperazine rings is 1. The Morgan fingerprint density at radius 3 is 2.38 bits per heavy atom. The maximum atomic E-state index is 12.1. The molecule has 6 heteroatoms. The second-order valence-electron chi connectivity index (χ2n) is 7.00. The molecule has 1 fully saturated rings. The van der Waals surface area contributed by atoms with Gasteiger partial charge in [0, 0.05) is 38.8 Å². The second-order valence-corrected chi connectivity index (χ2v) is 7.00. The molecule has 6 nitrogen and oxygen atoms in total. The number of amides is 1. The normalized spacial score (nSPS) is 16.9. The monoisotopic (exact) mass is 363 g/mol. The number of carbonyl (C=O) groups excluding carboxylic acids is 1. The van der Waals surface area contributed by atoms with Gasteiger partial charge < -0.3 is 14.8 Å². The largest absolute Gasteiger partial charge is 0.493 e. The molecule has 0 bridgehead atoms. The van der Waals surface area contributed by atoms with E-state index in [0.717, 1.165) is 57.1 Å². The molecule has 1 aliphatic rings. The first-order valence-corrected chi connectivity index (χ1v) is 9.50. The van der Waals surface area contributed by atoms with E-state index in [2.05, 4.69) is 35.0 Å². The lowest BCUT2D eigenvalue weighted by Gasteiger charge is -2.34. The van der Waals surface area contributed by atoms with Crippen LogP contribution in [0.2, 0.25) is 0 Å². The van der Waals surface area contributed by atoms with Gasteiger partial charge in [-0.05, 0) is 31.0 Å². The molecule has 0 unspecified atom stereocenters. The minimum Gasteiger partial charge on any atom is -0.493 e. The third-order valence-electron chi connectivity index (χ3n) is 4.82. The van der Waals surface area contributed by atoms with Crippen LogP contribution < -0.4 is 14.8 Å². The Bertz CT molecular complexity index is 571. The minimum absolute atomic E-state index is 0.138. The van der Waals surface area contributed by atoms with Crippen molar-refractivity contribution in [1.82, 2.24) is 15.1 Å². The van der Waals surface area contributed by atoms with E-state index in [4.69, 9.17) is 9.47 Å². The molecule has 26 heavy (non-hydrogen) atoms. The molecule has 0 aliphatic carbocycles. The molecular formula is C20H33N3O3. The van der Waals surface area contributed by atoms with Crippen LogP contribution in [0.15, 0.2) is 18.2 Å². The second kappa shape index (κ2) is 10.4. The van der Waals surface area contributed by atoms with Crippen molar-refractivity contribution in [2.75, 3.05) is 46.9 Å². The highest BCUT2D eigenvalue weighted by Crippen LogP contribution is 2.28. The summed E-state index contributed by atoms with van der Waals surface area (Å²) in [6.07, 6.45) is 2.13. The van der Waals surface area contributed by atoms with Gasteiger partial charge in [-0.3, -0.25) is 14.6 Å². The summed E-state index contributed by atoms with van der Waals surface area (Å²) in [4.78, 5) is 16.8. The Morgan fingerprint density at radius 1 is 1.12 bits per heavy atom. The molecule has 146 valence electrons. The summed E-state index contributed by atoms with van der Waals surface area (Å²) in [7, 11) is 3.31. The number of nitrogens with zero attached hydrogens (tertiary/aromatic N) is 2. The Morgan fingerprint density at radius 2 is 1.77 bits per heavy atom. The zero-order valence-electron chi connectivity index (χ0n) is 16.6. The highest BCUT2D eigenvalue weighted by atomic mass is 16.5. The predicted molar refractivity (Wildman–Crippen MR) is 104 cm³/mol. The molecule has 1 atom stereocenters. The quantitative estimate of drug-likeness (QED) is 0.728. The Labute approximate surface area is 157 Å². The van der Waals surface area contributed by atoms with Gasteiger partial charge in [-0.15, -0.1) is 0 Å². The lowest BCUT2D eigenvalue weighted by atomic mass is 10.1. The van der Waals surface area contributed by atoms with Crippen molar-refractivity contribution >= 4 is 5.91 Å². The average molecular weight is 364 g/mol. The third-order valence-corrected chi connectivity index (χ3v) is 4.82. The maximum absolute atomic E-state index is 12.1. The van der Waals surface area contributed by atoms with E-state index >= 15 is 0 Å². The number of hydrogen-bond donors (Lipinski definition) is 1. The number of carbonyl (C=O) groups is 1. The first kappa shape index (κ1) is 20.5. The van der Waals surface area contributed by atoms with E-state index < -0.39 is 0 Å². The first-order chi connectivity index (χ1) is 12.5. The Balaban J connectivity index is 1.77. The Hall–Kier alpha value is -1.79. The molecule has 0 radical (unpaired) electrons. The van der Waals surface area contributed by atoms with E-state index in [1.165, 1.54) is 5.56 Å². The van der Waals surface area contributed by atoms with Crippen molar-refractivity contribution in [3.05, 3.63) is 23.8 Å². The number of nitrogens with one attached hydrogen (secondary N) is 1. The number of hydrogen-bond acceptors (Lipinski definition) is 5. The molecule has 2 rings (SSSR count). The van der Waals surface area contributed by atoms with Gasteiger partial charge in [-0.2, -0.15) is 0 Å². The molecule has 1 aromatic carbocycles. The van der Waals surface area contributed by atoms with Crippen molar-refractivity contribution in [2.24, 2.45) is 0 Å². The van der Waals surface area contributed by atoms with Gasteiger partial charge in [0.15, 0.2) is 11.5 Å². The van der Waals surface area contributed by atoms with E-state index in [1.54, 1.807) is 14.2 Å². The Kier molecular flexibility index (Phi) is 8.19. The molecule has 1 aliphatic heterocycles. The molecular weight excluding hydrogens is 330 g/mol. The number of ether oxygens (including phenoxy) is 2. The van der Waals surface area contributed by atoms with Gasteiger partial charge >= 0.3 is 0 Å². The van der Waals surface area contributed by atoms with Gasteiger partial charge in [0.25, 0.3) is 0 Å². The first-order valence-electron chi connectivity index (χ1n) is 9.50. The molecule has 1 saturated heterocycles. The zero-order chi connectivity index (χ0) is 18.9. The van der Waals surface area contributed by atoms with Crippen molar-refractivity contribution in [3.8, 4) is 11.5 Å². The van der Waals surface area contributed by atoms with Crippen LogP contribution in [0.1, 0.15) is 32.3 Å². The van der Waals surface area contributed by atoms with E-state index in [1.807, 2.05) is 12.1 Å². The fourth-order valence-electron chi connectivity index (χ4n) is 3.37. The predicted octanol–water partition coefficient (Wildman–Crippen LogP) is 2.13. The minimum atomic E-state index is 0.138. The molecule has 1 amide bonds. The van der Waals surface area contributed by atoms with Crippen LogP contribution in [0.3, 0.4) is 0 Å². The smallest absolute Gasteiger partial charge is 0.234 e. The van der Waals surface area contributed by atoms with E-state index in [-0.39, 0.29) is 11.9 Å². The standard InChI is InChI=1S/C20H33N3O3/c1-5-6-16(2)21-20(24)15-23-11-9-22(10-12-23)14-17-7-8-18(25-3)19(13-17)26-4/h7-8,13,16H,5-6,9-12,14-15H2,1-4H3,(H,21,24)/t16-/m1/s1. The summed E-state index contributed by atoms with van der Waals surface area (Å²) in [5.41, 5.74) is 1.21. The summed E-state index contributed by atoms with van der Waals surface area (Å²) < 4.78 is 10.7. The van der Waals surface area contributed by atoms with Crippen molar-refractivity contribution < 1.29 is 14.3 Å². The van der Waals surface area contributed by atoms with Gasteiger partial charge in [-0.1, -0.05) is 19.4 Å². The lowest BCUT2D eigenvalue weighted by Crippen LogP contribution is -2.49. The van der Waals surface area contributed by atoms with Crippen LogP contribution in [-0.2, 0) is 11.3 Å². The SMILES string of the molecule is CCC[C@@H](C)NC(=O)CN1CCN(Cc2ccc(OC)c(OC)c2)CC1. The van der Waals surface area contributed by atoms with Crippen molar-refractivity contribution in [3.63, 3.8) is 0 Å². The molecule has 0 aromatic heterocycles. The van der Waals surface area contributed by atoms with Gasteiger partial charge in [-0.25, -0.2) is 0 Å². The number of rotatable bonds is 9. The fourth-order valence-corrected chi connectivity index (χ4v) is 3.37. The summed E-state index contributed by atoms with van der Waals surface area (Å²) in [5, 5.41) is 3.08.